The quantitative estimate of drug-likeness (QED) is 0.353. The highest BCUT2D eigenvalue weighted by atomic mass is 19.1. The molecule has 1 unspecified atom stereocenters. The number of halogens is 1. The summed E-state index contributed by atoms with van der Waals surface area (Å²) in [6, 6.07) is 14.8. The molecule has 36 heavy (non-hydrogen) atoms. The van der Waals surface area contributed by atoms with E-state index in [1.807, 2.05) is 0 Å². The normalized spacial score (nSPS) is 21.3. The van der Waals surface area contributed by atoms with Gasteiger partial charge >= 0.3 is 0 Å². The maximum atomic E-state index is 15.0. The number of benzene rings is 2. The van der Waals surface area contributed by atoms with E-state index in [9.17, 15) is 4.39 Å². The number of fused-ring (bicyclic) bond motifs is 2. The summed E-state index contributed by atoms with van der Waals surface area (Å²) in [5.41, 5.74) is 7.43. The second kappa shape index (κ2) is 8.90. The molecule has 2 saturated carbocycles. The summed E-state index contributed by atoms with van der Waals surface area (Å²) in [5, 5.41) is 0. The molecule has 3 nitrogen and oxygen atoms in total. The lowest BCUT2D eigenvalue weighted by atomic mass is 9.65. The molecule has 1 heterocycles. The molecule has 0 radical (unpaired) electrons. The monoisotopic (exact) mass is 485 g/mol. The van der Waals surface area contributed by atoms with E-state index in [1.165, 1.54) is 67.8 Å². The van der Waals surface area contributed by atoms with E-state index in [1.54, 1.807) is 13.2 Å². The molecule has 1 atom stereocenters. The third-order valence-electron chi connectivity index (χ3n) is 9.32. The number of methoxy groups -OCH3 is 1. The number of ether oxygens (including phenoxy) is 2. The van der Waals surface area contributed by atoms with Gasteiger partial charge in [-0.25, -0.2) is 9.37 Å². The first kappa shape index (κ1) is 23.5. The third-order valence-corrected chi connectivity index (χ3v) is 9.32. The van der Waals surface area contributed by atoms with Crippen LogP contribution in [0.2, 0.25) is 0 Å². The highest BCUT2D eigenvalue weighted by Crippen LogP contribution is 2.53. The van der Waals surface area contributed by atoms with E-state index in [4.69, 9.17) is 9.47 Å². The van der Waals surface area contributed by atoms with E-state index in [2.05, 4.69) is 55.2 Å². The number of rotatable bonds is 6. The van der Waals surface area contributed by atoms with E-state index in [0.717, 1.165) is 23.3 Å². The Hall–Kier alpha value is -2.88. The van der Waals surface area contributed by atoms with Gasteiger partial charge in [0.2, 0.25) is 5.88 Å². The largest absolute Gasteiger partial charge is 0.489 e. The second-order valence-corrected chi connectivity index (χ2v) is 11.8. The number of hydrogen-bond acceptors (Lipinski definition) is 3. The van der Waals surface area contributed by atoms with Crippen molar-refractivity contribution >= 4 is 0 Å². The first-order valence-electron chi connectivity index (χ1n) is 13.5. The Morgan fingerprint density at radius 3 is 2.56 bits per heavy atom. The van der Waals surface area contributed by atoms with Gasteiger partial charge in [-0.2, -0.15) is 0 Å². The zero-order valence-corrected chi connectivity index (χ0v) is 21.7. The number of hydrogen-bond donors (Lipinski definition) is 0. The minimum atomic E-state index is -0.320. The van der Waals surface area contributed by atoms with Crippen molar-refractivity contribution in [2.24, 2.45) is 5.41 Å². The van der Waals surface area contributed by atoms with Crippen molar-refractivity contribution < 1.29 is 13.9 Å². The average Bonchev–Trinajstić information content (AvgIpc) is 3.42. The van der Waals surface area contributed by atoms with Gasteiger partial charge in [-0.05, 0) is 95.2 Å². The van der Waals surface area contributed by atoms with Gasteiger partial charge in [0.15, 0.2) is 0 Å². The zero-order chi connectivity index (χ0) is 24.9. The predicted octanol–water partition coefficient (Wildman–Crippen LogP) is 8.14. The Balaban J connectivity index is 1.32. The summed E-state index contributed by atoms with van der Waals surface area (Å²) < 4.78 is 26.6. The average molecular weight is 486 g/mol. The van der Waals surface area contributed by atoms with Crippen molar-refractivity contribution in [1.29, 1.82) is 0 Å². The SMILES string of the molecule is COc1cc(-c2ccc(COc3ccc4c(c3)C3(CCC3)CC4)cc2C2CCCC2(C)C)c(F)cn1. The second-order valence-electron chi connectivity index (χ2n) is 11.8. The summed E-state index contributed by atoms with van der Waals surface area (Å²) in [6.45, 7) is 5.18. The van der Waals surface area contributed by atoms with Crippen LogP contribution in [0.5, 0.6) is 11.6 Å². The molecular formula is C32H36FNO2. The van der Waals surface area contributed by atoms with E-state index in [-0.39, 0.29) is 11.2 Å². The van der Waals surface area contributed by atoms with Crippen molar-refractivity contribution in [2.45, 2.75) is 83.2 Å². The van der Waals surface area contributed by atoms with Crippen LogP contribution in [0.15, 0.2) is 48.7 Å². The lowest BCUT2D eigenvalue weighted by molar-refractivity contribution is 0.242. The van der Waals surface area contributed by atoms with Gasteiger partial charge in [-0.1, -0.05) is 51.0 Å². The minimum Gasteiger partial charge on any atom is -0.489 e. The van der Waals surface area contributed by atoms with Crippen molar-refractivity contribution in [3.8, 4) is 22.8 Å². The Bertz CT molecular complexity index is 1290. The highest BCUT2D eigenvalue weighted by Gasteiger charge is 2.43. The fraction of sp³-hybridized carbons (Fsp3) is 0.469. The van der Waals surface area contributed by atoms with Gasteiger partial charge in [-0.15, -0.1) is 0 Å². The number of aryl methyl sites for hydroxylation is 1. The predicted molar refractivity (Wildman–Crippen MR) is 141 cm³/mol. The summed E-state index contributed by atoms with van der Waals surface area (Å²) in [6.07, 6.45) is 11.2. The molecule has 0 bridgehead atoms. The van der Waals surface area contributed by atoms with Crippen LogP contribution in [0.4, 0.5) is 4.39 Å². The Morgan fingerprint density at radius 2 is 1.83 bits per heavy atom. The zero-order valence-electron chi connectivity index (χ0n) is 21.7. The third kappa shape index (κ3) is 3.99. The van der Waals surface area contributed by atoms with Crippen molar-refractivity contribution in [3.05, 3.63) is 76.7 Å². The minimum absolute atomic E-state index is 0.166. The molecule has 188 valence electrons. The van der Waals surface area contributed by atoms with Crippen molar-refractivity contribution in [1.82, 2.24) is 4.98 Å². The molecule has 4 heteroatoms. The number of aromatic nitrogens is 1. The van der Waals surface area contributed by atoms with Gasteiger partial charge in [0.05, 0.1) is 13.3 Å². The van der Waals surface area contributed by atoms with Gasteiger partial charge in [0, 0.05) is 11.6 Å². The molecule has 2 aromatic carbocycles. The highest BCUT2D eigenvalue weighted by molar-refractivity contribution is 5.70. The van der Waals surface area contributed by atoms with Crippen LogP contribution in [-0.4, -0.2) is 12.1 Å². The van der Waals surface area contributed by atoms with Crippen LogP contribution < -0.4 is 9.47 Å². The van der Waals surface area contributed by atoms with Gasteiger partial charge in [0.25, 0.3) is 0 Å². The summed E-state index contributed by atoms with van der Waals surface area (Å²) >= 11 is 0. The Labute approximate surface area is 214 Å². The molecule has 0 N–H and O–H groups in total. The lowest BCUT2D eigenvalue weighted by Crippen LogP contribution is -2.31. The molecule has 3 aromatic rings. The summed E-state index contributed by atoms with van der Waals surface area (Å²) in [4.78, 5) is 4.05. The van der Waals surface area contributed by atoms with E-state index >= 15 is 0 Å². The molecular weight excluding hydrogens is 449 g/mol. The molecule has 6 rings (SSSR count). The Morgan fingerprint density at radius 1 is 0.972 bits per heavy atom. The first-order chi connectivity index (χ1) is 17.4. The van der Waals surface area contributed by atoms with Crippen LogP contribution in [0, 0.1) is 11.2 Å². The first-order valence-corrected chi connectivity index (χ1v) is 13.5. The van der Waals surface area contributed by atoms with Crippen LogP contribution in [0.1, 0.15) is 87.0 Å². The fourth-order valence-corrected chi connectivity index (χ4v) is 7.03. The maximum Gasteiger partial charge on any atom is 0.213 e. The summed E-state index contributed by atoms with van der Waals surface area (Å²) in [5.74, 6) is 1.43. The fourth-order valence-electron chi connectivity index (χ4n) is 7.03. The van der Waals surface area contributed by atoms with Crippen LogP contribution in [0.25, 0.3) is 11.1 Å². The van der Waals surface area contributed by atoms with Crippen molar-refractivity contribution in [2.75, 3.05) is 7.11 Å². The lowest BCUT2D eigenvalue weighted by Gasteiger charge is -2.39. The molecule has 0 amide bonds. The molecule has 2 fully saturated rings. The van der Waals surface area contributed by atoms with Gasteiger partial charge < -0.3 is 9.47 Å². The summed E-state index contributed by atoms with van der Waals surface area (Å²) in [7, 11) is 1.57. The van der Waals surface area contributed by atoms with E-state index < -0.39 is 0 Å². The molecule has 3 aliphatic carbocycles. The maximum absolute atomic E-state index is 15.0. The number of pyridine rings is 1. The molecule has 3 aliphatic rings. The Kier molecular flexibility index (Phi) is 5.81. The van der Waals surface area contributed by atoms with Crippen molar-refractivity contribution in [3.63, 3.8) is 0 Å². The smallest absolute Gasteiger partial charge is 0.213 e. The van der Waals surface area contributed by atoms with Crippen LogP contribution >= 0.6 is 0 Å². The molecule has 1 spiro atoms. The topological polar surface area (TPSA) is 31.4 Å². The van der Waals surface area contributed by atoms with E-state index in [0.29, 0.717) is 29.4 Å². The molecule has 0 saturated heterocycles. The molecule has 1 aromatic heterocycles. The molecule has 0 aliphatic heterocycles. The van der Waals surface area contributed by atoms with Gasteiger partial charge in [0.1, 0.15) is 18.2 Å². The standard InChI is InChI=1S/C32H36FNO2/c1-31(2)12-4-6-27(31)25-16-21(7-10-24(25)26-18-30(35-3)34-19-29(26)33)20-36-23-9-8-22-11-15-32(13-5-14-32)28(22)17-23/h7-10,16-19,27H,4-6,11-15,20H2,1-3H3. The number of nitrogens with zero attached hydrogens (tertiary/aromatic N) is 1. The van der Waals surface area contributed by atoms with Crippen LogP contribution in [-0.2, 0) is 18.4 Å². The van der Waals surface area contributed by atoms with Crippen LogP contribution in [0.3, 0.4) is 0 Å². The van der Waals surface area contributed by atoms with Gasteiger partial charge in [-0.3, -0.25) is 0 Å².